The van der Waals surface area contributed by atoms with Crippen molar-refractivity contribution in [1.29, 1.82) is 0 Å². The number of carbonyl (C=O) groups excluding carboxylic acids is 1. The van der Waals surface area contributed by atoms with Crippen molar-refractivity contribution in [2.75, 3.05) is 18.5 Å². The number of rotatable bonds is 5. The van der Waals surface area contributed by atoms with Crippen LogP contribution in [0.2, 0.25) is 5.02 Å². The monoisotopic (exact) mass is 535 g/mol. The number of halogens is 2. The summed E-state index contributed by atoms with van der Waals surface area (Å²) in [4.78, 5) is 33.8. The fraction of sp³-hybridized carbons (Fsp3) is 0.393. The first kappa shape index (κ1) is 23.7. The van der Waals surface area contributed by atoms with Crippen molar-refractivity contribution in [3.05, 3.63) is 75.0 Å². The fourth-order valence-electron chi connectivity index (χ4n) is 6.66. The van der Waals surface area contributed by atoms with Gasteiger partial charge >= 0.3 is 6.03 Å². The van der Waals surface area contributed by atoms with Gasteiger partial charge in [-0.25, -0.2) is 14.2 Å². The molecule has 0 spiro atoms. The molecule has 1 saturated carbocycles. The molecule has 2 amide bonds. The minimum absolute atomic E-state index is 0.0200. The van der Waals surface area contributed by atoms with E-state index in [-0.39, 0.29) is 34.8 Å². The number of nitrogens with one attached hydrogen (secondary N) is 3. The molecule has 3 N–H and O–H groups in total. The summed E-state index contributed by atoms with van der Waals surface area (Å²) in [5.41, 5.74) is 3.16. The first-order chi connectivity index (χ1) is 18.4. The summed E-state index contributed by atoms with van der Waals surface area (Å²) in [7, 11) is 0. The molecule has 2 atom stereocenters. The summed E-state index contributed by atoms with van der Waals surface area (Å²) in [6, 6.07) is 8.01. The molecule has 6 heterocycles. The molecule has 5 aliphatic rings. The number of H-pyrrole nitrogens is 1. The lowest BCUT2D eigenvalue weighted by Crippen LogP contribution is -2.44. The minimum atomic E-state index is -0.584. The zero-order valence-corrected chi connectivity index (χ0v) is 21.4. The number of carbonyl (C=O) groups is 1. The number of hydrogen-bond donors (Lipinski definition) is 3. The van der Waals surface area contributed by atoms with E-state index in [4.69, 9.17) is 16.3 Å². The van der Waals surface area contributed by atoms with Crippen LogP contribution in [-0.2, 0) is 6.42 Å². The second-order valence-corrected chi connectivity index (χ2v) is 11.4. The van der Waals surface area contributed by atoms with Crippen LogP contribution in [0.4, 0.5) is 14.9 Å². The van der Waals surface area contributed by atoms with Crippen molar-refractivity contribution in [3.63, 3.8) is 0 Å². The van der Waals surface area contributed by atoms with Gasteiger partial charge in [-0.15, -0.1) is 0 Å². The molecule has 1 aromatic carbocycles. The van der Waals surface area contributed by atoms with Crippen molar-refractivity contribution < 1.29 is 13.9 Å². The van der Waals surface area contributed by atoms with Crippen LogP contribution in [0, 0.1) is 11.2 Å². The van der Waals surface area contributed by atoms with E-state index in [2.05, 4.69) is 20.6 Å². The second-order valence-electron chi connectivity index (χ2n) is 11.0. The smallest absolute Gasteiger partial charge is 0.322 e. The van der Waals surface area contributed by atoms with Crippen LogP contribution in [-0.4, -0.2) is 46.1 Å². The van der Waals surface area contributed by atoms with E-state index in [1.807, 2.05) is 6.07 Å². The van der Waals surface area contributed by atoms with Crippen molar-refractivity contribution in [3.8, 4) is 17.0 Å². The molecule has 8 nitrogen and oxygen atoms in total. The number of aromatic amines is 1. The van der Waals surface area contributed by atoms with Crippen molar-refractivity contribution in [2.24, 2.45) is 5.41 Å². The number of aromatic nitrogens is 2. The van der Waals surface area contributed by atoms with Crippen LogP contribution >= 0.6 is 11.6 Å². The van der Waals surface area contributed by atoms with Gasteiger partial charge in [0.2, 0.25) is 11.4 Å². The highest BCUT2D eigenvalue weighted by atomic mass is 35.5. The molecule has 0 radical (unpaired) electrons. The van der Waals surface area contributed by atoms with Crippen molar-refractivity contribution in [1.82, 2.24) is 20.2 Å². The van der Waals surface area contributed by atoms with Gasteiger partial charge in [-0.05, 0) is 61.4 Å². The molecule has 1 aliphatic carbocycles. The lowest BCUT2D eigenvalue weighted by Gasteiger charge is -2.36. The molecule has 8 rings (SSSR count). The maximum absolute atomic E-state index is 15.2. The van der Waals surface area contributed by atoms with Crippen LogP contribution in [0.3, 0.4) is 0 Å². The average molecular weight is 536 g/mol. The highest BCUT2D eigenvalue weighted by molar-refractivity contribution is 6.33. The SMILES string of the molecule is O=C(Nc1cc(Cl)c(-c2ccc(OCC34CNC(C3)C4)nc2)cc1F)N1[C@H]2CC[C@@H]1c1c[nH]c(=O)cc1C2. The van der Waals surface area contributed by atoms with Crippen molar-refractivity contribution >= 4 is 23.3 Å². The maximum atomic E-state index is 15.2. The quantitative estimate of drug-likeness (QED) is 0.441. The minimum Gasteiger partial charge on any atom is -0.477 e. The van der Waals surface area contributed by atoms with Crippen LogP contribution in [0.25, 0.3) is 11.1 Å². The summed E-state index contributed by atoms with van der Waals surface area (Å²) >= 11 is 6.54. The molecule has 4 fully saturated rings. The number of anilines is 1. The molecular weight excluding hydrogens is 509 g/mol. The molecule has 196 valence electrons. The average Bonchev–Trinajstić information content (AvgIpc) is 3.58. The van der Waals surface area contributed by atoms with E-state index >= 15 is 4.39 Å². The zero-order valence-electron chi connectivity index (χ0n) is 20.6. The maximum Gasteiger partial charge on any atom is 0.322 e. The third-order valence-electron chi connectivity index (χ3n) is 8.59. The van der Waals surface area contributed by atoms with E-state index in [1.165, 1.54) is 12.1 Å². The van der Waals surface area contributed by atoms with E-state index in [1.54, 1.807) is 29.4 Å². The van der Waals surface area contributed by atoms with Crippen LogP contribution < -0.4 is 20.9 Å². The Bertz CT molecular complexity index is 1480. The Morgan fingerprint density at radius 1 is 1.26 bits per heavy atom. The fourth-order valence-corrected chi connectivity index (χ4v) is 6.93. The number of hydrogen-bond acceptors (Lipinski definition) is 5. The van der Waals surface area contributed by atoms with Gasteiger partial charge in [-0.3, -0.25) is 4.79 Å². The number of ether oxygens (including phenoxy) is 1. The number of pyridine rings is 2. The summed E-state index contributed by atoms with van der Waals surface area (Å²) in [5, 5.41) is 6.49. The molecule has 3 saturated heterocycles. The molecule has 10 heteroatoms. The topological polar surface area (TPSA) is 99.3 Å². The van der Waals surface area contributed by atoms with Crippen LogP contribution in [0.15, 0.2) is 47.5 Å². The molecule has 3 aromatic rings. The lowest BCUT2D eigenvalue weighted by atomic mass is 9.71. The van der Waals surface area contributed by atoms with E-state index in [0.29, 0.717) is 41.1 Å². The first-order valence-corrected chi connectivity index (χ1v) is 13.4. The highest BCUT2D eigenvalue weighted by Gasteiger charge is 2.50. The predicted molar refractivity (Wildman–Crippen MR) is 141 cm³/mol. The zero-order chi connectivity index (χ0) is 26.0. The van der Waals surface area contributed by atoms with Gasteiger partial charge in [0.15, 0.2) is 0 Å². The first-order valence-electron chi connectivity index (χ1n) is 13.0. The van der Waals surface area contributed by atoms with Gasteiger partial charge in [0.1, 0.15) is 5.82 Å². The standard InChI is InChI=1S/C28H27ClFN5O3/c29-21-8-23(34-27(37)35-18-2-3-24(35)20-12-31-25(36)6-16(20)5-18)22(30)7-19(21)15-1-4-26(32-11-15)38-14-28-9-17(10-28)33-13-28/h1,4,6-8,11-12,17-18,24,33H,2-3,5,9-10,13-14H2,(H,31,36)(H,34,37)/t17?,18-,24+,28?/m0/s1. The Hall–Kier alpha value is -3.43. The number of urea groups is 1. The Labute approximate surface area is 223 Å². The molecule has 4 bridgehead atoms. The van der Waals surface area contributed by atoms with E-state index in [0.717, 1.165) is 43.4 Å². The molecule has 38 heavy (non-hydrogen) atoms. The van der Waals surface area contributed by atoms with Gasteiger partial charge in [-0.1, -0.05) is 11.6 Å². The summed E-state index contributed by atoms with van der Waals surface area (Å²) in [6.45, 7) is 1.62. The van der Waals surface area contributed by atoms with Crippen LogP contribution in [0.5, 0.6) is 5.88 Å². The number of nitrogens with zero attached hydrogens (tertiary/aromatic N) is 2. The molecule has 2 aromatic heterocycles. The lowest BCUT2D eigenvalue weighted by molar-refractivity contribution is 0.0988. The van der Waals surface area contributed by atoms with Gasteiger partial charge < -0.3 is 25.3 Å². The highest BCUT2D eigenvalue weighted by Crippen LogP contribution is 2.46. The van der Waals surface area contributed by atoms with Gasteiger partial charge in [0.05, 0.1) is 23.4 Å². The summed E-state index contributed by atoms with van der Waals surface area (Å²) in [5.74, 6) is -0.0553. The van der Waals surface area contributed by atoms with Gasteiger partial charge in [0, 0.05) is 59.7 Å². The van der Waals surface area contributed by atoms with Gasteiger partial charge in [0.25, 0.3) is 0 Å². The molecular formula is C28H27ClFN5O3. The van der Waals surface area contributed by atoms with Crippen molar-refractivity contribution in [2.45, 2.75) is 50.2 Å². The molecule has 4 aliphatic heterocycles. The third kappa shape index (κ3) is 3.96. The summed E-state index contributed by atoms with van der Waals surface area (Å²) < 4.78 is 21.1. The Morgan fingerprint density at radius 3 is 2.89 bits per heavy atom. The largest absolute Gasteiger partial charge is 0.477 e. The Balaban J connectivity index is 1.05. The van der Waals surface area contributed by atoms with Crippen LogP contribution in [0.1, 0.15) is 42.9 Å². The number of fused-ring (bicyclic) bond motifs is 5. The Kier molecular flexibility index (Phi) is 5.49. The normalized spacial score (nSPS) is 26.6. The van der Waals surface area contributed by atoms with E-state index in [9.17, 15) is 9.59 Å². The predicted octanol–water partition coefficient (Wildman–Crippen LogP) is 4.65. The number of amides is 2. The van der Waals surface area contributed by atoms with Gasteiger partial charge in [-0.2, -0.15) is 0 Å². The summed E-state index contributed by atoms with van der Waals surface area (Å²) in [6.07, 6.45) is 7.84. The van der Waals surface area contributed by atoms with E-state index < -0.39 is 5.82 Å². The third-order valence-corrected chi connectivity index (χ3v) is 8.91. The number of benzene rings is 1. The molecule has 0 unspecified atom stereocenters. The Morgan fingerprint density at radius 2 is 2.13 bits per heavy atom. The second kappa shape index (κ2) is 8.81.